The second-order valence-electron chi connectivity index (χ2n) is 16.5. The number of benzene rings is 4. The second kappa shape index (κ2) is 14.6. The molecule has 0 aromatic heterocycles. The average Bonchev–Trinajstić information content (AvgIpc) is 4.06. The highest BCUT2D eigenvalue weighted by atomic mass is 15.2. The van der Waals surface area contributed by atoms with Gasteiger partial charge in [-0.3, -0.25) is 0 Å². The molecule has 6 aliphatic carbocycles. The van der Waals surface area contributed by atoms with Crippen molar-refractivity contribution >= 4 is 11.4 Å². The molecule has 4 aromatic carbocycles. The predicted molar refractivity (Wildman–Crippen MR) is 244 cm³/mol. The zero-order chi connectivity index (χ0) is 39.3. The van der Waals surface area contributed by atoms with E-state index in [9.17, 15) is 0 Å². The van der Waals surface area contributed by atoms with Gasteiger partial charge in [-0.2, -0.15) is 0 Å². The fraction of sp³-hybridized carbons (Fsp3) is 0.161. The van der Waals surface area contributed by atoms with Crippen LogP contribution in [0.5, 0.6) is 0 Å². The third kappa shape index (κ3) is 5.82. The number of fused-ring (bicyclic) bond motifs is 11. The van der Waals surface area contributed by atoms with Crippen LogP contribution in [-0.2, 0) is 12.0 Å². The van der Waals surface area contributed by atoms with Gasteiger partial charge in [0.2, 0.25) is 0 Å². The number of hydrogen-bond donors (Lipinski definition) is 1. The molecule has 0 amide bonds. The SMILES string of the molecule is C=C1/C=C\C=C/CN(C/N=C(\NCc2ccccc2)c2ccc(-c3ccccc3)cc2)C2=C1C1CC1C1=C2C2=C(C=CCC=C2)C12C1=C(C=CC=CC1)c1ccccc12. The number of nitrogens with one attached hydrogen (secondary N) is 1. The molecule has 1 N–H and O–H groups in total. The van der Waals surface area contributed by atoms with Crippen molar-refractivity contribution in [2.24, 2.45) is 16.8 Å². The molecular weight excluding hydrogens is 715 g/mol. The first-order chi connectivity index (χ1) is 29.2. The Morgan fingerprint density at radius 2 is 1.46 bits per heavy atom. The van der Waals surface area contributed by atoms with E-state index in [1.54, 1.807) is 5.57 Å². The van der Waals surface area contributed by atoms with Crippen LogP contribution in [0.1, 0.15) is 41.5 Å². The minimum absolute atomic E-state index is 0.317. The molecule has 1 spiro atoms. The van der Waals surface area contributed by atoms with Crippen molar-refractivity contribution in [3.63, 3.8) is 0 Å². The van der Waals surface area contributed by atoms with E-state index >= 15 is 0 Å². The Hall–Kier alpha value is -6.71. The number of rotatable bonds is 6. The van der Waals surface area contributed by atoms with Crippen molar-refractivity contribution in [3.8, 4) is 11.1 Å². The summed E-state index contributed by atoms with van der Waals surface area (Å²) in [6.45, 7) is 6.69. The second-order valence-corrected chi connectivity index (χ2v) is 16.5. The van der Waals surface area contributed by atoms with E-state index in [4.69, 9.17) is 11.6 Å². The molecule has 7 aliphatic rings. The minimum atomic E-state index is -0.317. The molecule has 3 nitrogen and oxygen atoms in total. The van der Waals surface area contributed by atoms with E-state index < -0.39 is 0 Å². The van der Waals surface area contributed by atoms with Gasteiger partial charge in [0.1, 0.15) is 12.5 Å². The van der Waals surface area contributed by atoms with Gasteiger partial charge in [-0.15, -0.1) is 0 Å². The Kier molecular flexibility index (Phi) is 8.77. The summed E-state index contributed by atoms with van der Waals surface area (Å²) in [6, 6.07) is 39.3. The molecule has 1 fully saturated rings. The largest absolute Gasteiger partial charge is 0.366 e. The quantitative estimate of drug-likeness (QED) is 0.157. The van der Waals surface area contributed by atoms with Gasteiger partial charge in [0, 0.05) is 24.2 Å². The highest BCUT2D eigenvalue weighted by molar-refractivity contribution is 5.99. The molecule has 286 valence electrons. The van der Waals surface area contributed by atoms with E-state index in [1.165, 1.54) is 67.0 Å². The third-order valence-electron chi connectivity index (χ3n) is 13.2. The van der Waals surface area contributed by atoms with Crippen molar-refractivity contribution in [1.82, 2.24) is 10.2 Å². The molecule has 59 heavy (non-hydrogen) atoms. The maximum atomic E-state index is 5.55. The highest BCUT2D eigenvalue weighted by Crippen LogP contribution is 2.72. The summed E-state index contributed by atoms with van der Waals surface area (Å²) in [5.41, 5.74) is 19.7. The van der Waals surface area contributed by atoms with Crippen LogP contribution in [0.25, 0.3) is 16.7 Å². The molecule has 1 aliphatic heterocycles. The zero-order valence-corrected chi connectivity index (χ0v) is 33.3. The number of nitrogens with zero attached hydrogens (tertiary/aromatic N) is 2. The molecular formula is C56H47N3. The molecule has 0 bridgehead atoms. The first-order valence-electron chi connectivity index (χ1n) is 21.2. The number of hydrogen-bond acceptors (Lipinski definition) is 2. The Labute approximate surface area is 348 Å². The number of allylic oxidation sites excluding steroid dienone is 18. The summed E-state index contributed by atoms with van der Waals surface area (Å²) in [7, 11) is 0. The van der Waals surface area contributed by atoms with E-state index in [-0.39, 0.29) is 5.41 Å². The Morgan fingerprint density at radius 1 is 0.712 bits per heavy atom. The Bertz CT molecular complexity index is 2740. The van der Waals surface area contributed by atoms with Gasteiger partial charge in [-0.05, 0) is 97.9 Å². The number of aliphatic imine (C=N–C) groups is 1. The normalized spacial score (nSPS) is 24.7. The van der Waals surface area contributed by atoms with E-state index in [1.807, 2.05) is 0 Å². The summed E-state index contributed by atoms with van der Waals surface area (Å²) in [4.78, 5) is 8.09. The third-order valence-corrected chi connectivity index (χ3v) is 13.2. The van der Waals surface area contributed by atoms with E-state index in [0.717, 1.165) is 42.8 Å². The van der Waals surface area contributed by atoms with Gasteiger partial charge in [0.05, 0.1) is 11.1 Å². The van der Waals surface area contributed by atoms with Gasteiger partial charge in [0.15, 0.2) is 0 Å². The maximum absolute atomic E-state index is 5.55. The molecule has 3 atom stereocenters. The average molecular weight is 762 g/mol. The lowest BCUT2D eigenvalue weighted by Crippen LogP contribution is -2.34. The lowest BCUT2D eigenvalue weighted by atomic mass is 9.64. The standard InChI is InChI=1S/C56H47N3/c1-38-19-7-6-18-34-59(37-58-55(57-36-39-20-8-2-9-21-39)42-32-30-41(31-33-42)40-22-10-3-11-23-40)54-51(38)46-35-47(46)53-52(54)45-26-13-5-15-28-50(45)56(53)48-27-14-4-12-24-43(48)44-25-16-17-29-49(44)56/h2-4,6-26,28-33,46-47H,1,5,27,34-37H2,(H,57,58)/b18-6-,19-7-. The van der Waals surface area contributed by atoms with Crippen molar-refractivity contribution < 1.29 is 0 Å². The van der Waals surface area contributed by atoms with Gasteiger partial charge in [0.25, 0.3) is 0 Å². The maximum Gasteiger partial charge on any atom is 0.130 e. The van der Waals surface area contributed by atoms with Crippen LogP contribution in [0.4, 0.5) is 0 Å². The lowest BCUT2D eigenvalue weighted by Gasteiger charge is -2.39. The Balaban J connectivity index is 1.08. The summed E-state index contributed by atoms with van der Waals surface area (Å²) >= 11 is 0. The summed E-state index contributed by atoms with van der Waals surface area (Å²) < 4.78 is 0. The molecule has 4 aromatic rings. The van der Waals surface area contributed by atoms with Crippen molar-refractivity contribution in [2.75, 3.05) is 13.2 Å². The fourth-order valence-corrected chi connectivity index (χ4v) is 10.7. The molecule has 0 saturated heterocycles. The first kappa shape index (κ1) is 35.5. The molecule has 1 saturated carbocycles. The molecule has 1 heterocycles. The fourth-order valence-electron chi connectivity index (χ4n) is 10.7. The highest BCUT2D eigenvalue weighted by Gasteiger charge is 2.63. The molecule has 11 rings (SSSR count). The molecule has 3 unspecified atom stereocenters. The van der Waals surface area contributed by atoms with Gasteiger partial charge in [-0.25, -0.2) is 4.99 Å². The summed E-state index contributed by atoms with van der Waals surface area (Å²) in [5, 5.41) is 3.78. The molecule has 0 radical (unpaired) electrons. The molecule has 3 heteroatoms. The van der Waals surface area contributed by atoms with Crippen LogP contribution in [0.3, 0.4) is 0 Å². The van der Waals surface area contributed by atoms with E-state index in [2.05, 4.69) is 192 Å². The van der Waals surface area contributed by atoms with Crippen LogP contribution in [0, 0.1) is 11.8 Å². The predicted octanol–water partition coefficient (Wildman–Crippen LogP) is 12.1. The number of amidine groups is 1. The lowest BCUT2D eigenvalue weighted by molar-refractivity contribution is 0.391. The van der Waals surface area contributed by atoms with Crippen molar-refractivity contribution in [1.29, 1.82) is 0 Å². The van der Waals surface area contributed by atoms with E-state index in [0.29, 0.717) is 25.0 Å². The Morgan fingerprint density at radius 3 is 2.32 bits per heavy atom. The zero-order valence-electron chi connectivity index (χ0n) is 33.3. The van der Waals surface area contributed by atoms with Gasteiger partial charge >= 0.3 is 0 Å². The van der Waals surface area contributed by atoms with Crippen LogP contribution < -0.4 is 5.32 Å². The topological polar surface area (TPSA) is 27.6 Å². The summed E-state index contributed by atoms with van der Waals surface area (Å²) in [5.74, 6) is 1.75. The van der Waals surface area contributed by atoms with Gasteiger partial charge < -0.3 is 10.2 Å². The van der Waals surface area contributed by atoms with Crippen LogP contribution in [0.2, 0.25) is 0 Å². The van der Waals surface area contributed by atoms with Gasteiger partial charge in [-0.1, -0.05) is 189 Å². The minimum Gasteiger partial charge on any atom is -0.366 e. The summed E-state index contributed by atoms with van der Waals surface area (Å²) in [6.07, 6.45) is 30.7. The monoisotopic (exact) mass is 761 g/mol. The van der Waals surface area contributed by atoms with Crippen molar-refractivity contribution in [3.05, 3.63) is 256 Å². The smallest absolute Gasteiger partial charge is 0.130 e. The first-order valence-corrected chi connectivity index (χ1v) is 21.2. The van der Waals surface area contributed by atoms with Crippen LogP contribution in [-0.4, -0.2) is 23.9 Å². The van der Waals surface area contributed by atoms with Crippen LogP contribution in [0.15, 0.2) is 238 Å². The van der Waals surface area contributed by atoms with Crippen molar-refractivity contribution in [2.45, 2.75) is 31.2 Å². The van der Waals surface area contributed by atoms with Crippen LogP contribution >= 0.6 is 0 Å².